The molecule has 0 aliphatic rings. The second-order valence-corrected chi connectivity index (χ2v) is 6.99. The predicted molar refractivity (Wildman–Crippen MR) is 107 cm³/mol. The number of rotatable bonds is 4. The SMILES string of the molecule is CCn1c(=O)c2c(nc(-n3nc(C)cc3C)n2Cc2ccccc2F)n(C)c1=O. The van der Waals surface area contributed by atoms with Gasteiger partial charge in [0.25, 0.3) is 5.56 Å². The largest absolute Gasteiger partial charge is 0.332 e. The molecule has 9 heteroatoms. The van der Waals surface area contributed by atoms with Crippen LogP contribution in [-0.4, -0.2) is 28.5 Å². The first-order chi connectivity index (χ1) is 13.8. The van der Waals surface area contributed by atoms with Crippen LogP contribution < -0.4 is 11.2 Å². The van der Waals surface area contributed by atoms with E-state index in [0.29, 0.717) is 11.5 Å². The first-order valence-electron chi connectivity index (χ1n) is 9.30. The van der Waals surface area contributed by atoms with Crippen LogP contribution in [0, 0.1) is 19.7 Å². The minimum atomic E-state index is -0.456. The monoisotopic (exact) mass is 396 g/mol. The molecular formula is C20H21FN6O2. The standard InChI is InChI=1S/C20H21FN6O2/c1-5-25-18(28)16-17(24(4)20(25)29)22-19(27-13(3)10-12(2)23-27)26(16)11-14-8-6-7-9-15(14)21/h6-10H,5,11H2,1-4H3. The summed E-state index contributed by atoms with van der Waals surface area (Å²) in [5, 5.41) is 4.47. The highest BCUT2D eigenvalue weighted by Crippen LogP contribution is 2.20. The Hall–Kier alpha value is -3.49. The Labute approximate surface area is 165 Å². The van der Waals surface area contributed by atoms with Gasteiger partial charge >= 0.3 is 5.69 Å². The molecule has 0 fully saturated rings. The Morgan fingerprint density at radius 1 is 1.10 bits per heavy atom. The number of nitrogens with zero attached hydrogens (tertiary/aromatic N) is 6. The molecule has 0 unspecified atom stereocenters. The van der Waals surface area contributed by atoms with Gasteiger partial charge in [-0.1, -0.05) is 18.2 Å². The summed E-state index contributed by atoms with van der Waals surface area (Å²) in [6.45, 7) is 5.76. The summed E-state index contributed by atoms with van der Waals surface area (Å²) in [7, 11) is 1.57. The Kier molecular flexibility index (Phi) is 4.45. The Bertz CT molecular complexity index is 1360. The molecule has 8 nitrogen and oxygen atoms in total. The van der Waals surface area contributed by atoms with E-state index >= 15 is 0 Å². The van der Waals surface area contributed by atoms with Gasteiger partial charge in [-0.05, 0) is 32.9 Å². The molecule has 0 atom stereocenters. The molecule has 0 bridgehead atoms. The van der Waals surface area contributed by atoms with Crippen molar-refractivity contribution in [3.63, 3.8) is 0 Å². The zero-order valence-corrected chi connectivity index (χ0v) is 16.7. The molecule has 4 aromatic rings. The van der Waals surface area contributed by atoms with E-state index in [0.717, 1.165) is 16.0 Å². The van der Waals surface area contributed by atoms with E-state index in [2.05, 4.69) is 10.1 Å². The van der Waals surface area contributed by atoms with Crippen LogP contribution in [0.2, 0.25) is 0 Å². The second-order valence-electron chi connectivity index (χ2n) is 6.99. The van der Waals surface area contributed by atoms with Gasteiger partial charge in [-0.2, -0.15) is 10.1 Å². The van der Waals surface area contributed by atoms with E-state index < -0.39 is 11.2 Å². The normalized spacial score (nSPS) is 11.5. The maximum Gasteiger partial charge on any atom is 0.332 e. The molecule has 4 rings (SSSR count). The number of benzene rings is 1. The fraction of sp³-hybridized carbons (Fsp3) is 0.300. The average molecular weight is 396 g/mol. The van der Waals surface area contributed by atoms with Crippen molar-refractivity contribution in [2.75, 3.05) is 0 Å². The van der Waals surface area contributed by atoms with Crippen LogP contribution in [0.15, 0.2) is 39.9 Å². The van der Waals surface area contributed by atoms with E-state index in [4.69, 9.17) is 0 Å². The highest BCUT2D eigenvalue weighted by molar-refractivity contribution is 5.73. The van der Waals surface area contributed by atoms with E-state index in [1.807, 2.05) is 19.9 Å². The van der Waals surface area contributed by atoms with Crippen LogP contribution >= 0.6 is 0 Å². The number of aryl methyl sites for hydroxylation is 3. The summed E-state index contributed by atoms with van der Waals surface area (Å²) < 4.78 is 20.1. The van der Waals surface area contributed by atoms with Gasteiger partial charge < -0.3 is 0 Å². The Morgan fingerprint density at radius 2 is 1.83 bits per heavy atom. The fourth-order valence-electron chi connectivity index (χ4n) is 3.58. The summed E-state index contributed by atoms with van der Waals surface area (Å²) in [5.41, 5.74) is 1.58. The molecule has 3 heterocycles. The van der Waals surface area contributed by atoms with E-state index in [-0.39, 0.29) is 30.1 Å². The van der Waals surface area contributed by atoms with Gasteiger partial charge in [-0.15, -0.1) is 0 Å². The van der Waals surface area contributed by atoms with Crippen LogP contribution in [0.3, 0.4) is 0 Å². The molecule has 0 aliphatic heterocycles. The van der Waals surface area contributed by atoms with Gasteiger partial charge in [-0.25, -0.2) is 13.9 Å². The van der Waals surface area contributed by atoms with Crippen molar-refractivity contribution >= 4 is 11.2 Å². The van der Waals surface area contributed by atoms with Crippen molar-refractivity contribution in [2.45, 2.75) is 33.9 Å². The molecule has 0 saturated heterocycles. The van der Waals surface area contributed by atoms with Gasteiger partial charge in [0.15, 0.2) is 11.2 Å². The molecule has 0 radical (unpaired) electrons. The number of halogens is 1. The number of fused-ring (bicyclic) bond motifs is 1. The van der Waals surface area contributed by atoms with Gasteiger partial charge in [0.2, 0.25) is 5.95 Å². The lowest BCUT2D eigenvalue weighted by molar-refractivity contribution is 0.594. The van der Waals surface area contributed by atoms with Crippen molar-refractivity contribution in [2.24, 2.45) is 7.05 Å². The minimum Gasteiger partial charge on any atom is -0.298 e. The highest BCUT2D eigenvalue weighted by Gasteiger charge is 2.23. The zero-order valence-electron chi connectivity index (χ0n) is 16.7. The third-order valence-electron chi connectivity index (χ3n) is 5.01. The van der Waals surface area contributed by atoms with E-state index in [1.165, 1.54) is 10.6 Å². The molecule has 1 aromatic carbocycles. The third-order valence-corrected chi connectivity index (χ3v) is 5.01. The molecular weight excluding hydrogens is 375 g/mol. The zero-order chi connectivity index (χ0) is 20.9. The number of hydrogen-bond acceptors (Lipinski definition) is 4. The summed E-state index contributed by atoms with van der Waals surface area (Å²) in [5.74, 6) is -0.0240. The fourth-order valence-corrected chi connectivity index (χ4v) is 3.58. The molecule has 150 valence electrons. The highest BCUT2D eigenvalue weighted by atomic mass is 19.1. The topological polar surface area (TPSA) is 79.6 Å². The van der Waals surface area contributed by atoms with Crippen LogP contribution in [0.1, 0.15) is 23.9 Å². The van der Waals surface area contributed by atoms with Crippen molar-refractivity contribution in [3.8, 4) is 5.95 Å². The Balaban J connectivity index is 2.12. The van der Waals surface area contributed by atoms with Crippen molar-refractivity contribution in [1.29, 1.82) is 0 Å². The maximum absolute atomic E-state index is 14.4. The van der Waals surface area contributed by atoms with Crippen LogP contribution in [0.4, 0.5) is 4.39 Å². The quantitative estimate of drug-likeness (QED) is 0.528. The summed E-state index contributed by atoms with van der Waals surface area (Å²) in [6, 6.07) is 8.27. The van der Waals surface area contributed by atoms with Crippen LogP contribution in [-0.2, 0) is 20.1 Å². The number of hydrogen-bond donors (Lipinski definition) is 0. The molecule has 0 saturated carbocycles. The lowest BCUT2D eigenvalue weighted by Crippen LogP contribution is -2.39. The summed E-state index contributed by atoms with van der Waals surface area (Å²) in [4.78, 5) is 30.3. The van der Waals surface area contributed by atoms with Crippen molar-refractivity contribution < 1.29 is 4.39 Å². The van der Waals surface area contributed by atoms with Gasteiger partial charge in [0, 0.05) is 24.8 Å². The lowest BCUT2D eigenvalue weighted by atomic mass is 10.2. The average Bonchev–Trinajstić information content (AvgIpc) is 3.22. The number of aromatic nitrogens is 6. The maximum atomic E-state index is 14.4. The molecule has 0 N–H and O–H groups in total. The van der Waals surface area contributed by atoms with E-state index in [9.17, 15) is 14.0 Å². The smallest absolute Gasteiger partial charge is 0.298 e. The van der Waals surface area contributed by atoms with E-state index in [1.54, 1.807) is 41.4 Å². The molecule has 0 amide bonds. The first-order valence-corrected chi connectivity index (χ1v) is 9.30. The molecule has 29 heavy (non-hydrogen) atoms. The second kappa shape index (κ2) is 6.84. The van der Waals surface area contributed by atoms with Crippen molar-refractivity contribution in [3.05, 3.63) is 73.9 Å². The van der Waals surface area contributed by atoms with Crippen LogP contribution in [0.25, 0.3) is 17.1 Å². The Morgan fingerprint density at radius 3 is 2.45 bits per heavy atom. The summed E-state index contributed by atoms with van der Waals surface area (Å²) in [6.07, 6.45) is 0. The predicted octanol–water partition coefficient (Wildman–Crippen LogP) is 1.91. The summed E-state index contributed by atoms with van der Waals surface area (Å²) >= 11 is 0. The molecule has 0 spiro atoms. The van der Waals surface area contributed by atoms with Gasteiger partial charge in [-0.3, -0.25) is 18.5 Å². The van der Waals surface area contributed by atoms with Crippen molar-refractivity contribution in [1.82, 2.24) is 28.5 Å². The minimum absolute atomic E-state index is 0.0774. The molecule has 3 aromatic heterocycles. The van der Waals surface area contributed by atoms with Gasteiger partial charge in [0.05, 0.1) is 12.2 Å². The lowest BCUT2D eigenvalue weighted by Gasteiger charge is -2.11. The first kappa shape index (κ1) is 18.9. The van der Waals surface area contributed by atoms with Crippen LogP contribution in [0.5, 0.6) is 0 Å². The number of imidazole rings is 1. The third kappa shape index (κ3) is 2.89. The van der Waals surface area contributed by atoms with Gasteiger partial charge in [0.1, 0.15) is 5.82 Å². The molecule has 0 aliphatic carbocycles.